The van der Waals surface area contributed by atoms with Crippen molar-refractivity contribution in [2.75, 3.05) is 6.54 Å². The second kappa shape index (κ2) is 8.19. The van der Waals surface area contributed by atoms with Crippen molar-refractivity contribution in [3.8, 4) is 0 Å². The van der Waals surface area contributed by atoms with Crippen LogP contribution in [0.25, 0.3) is 11.0 Å². The highest BCUT2D eigenvalue weighted by Gasteiger charge is 2.08. The Morgan fingerprint density at radius 3 is 2.76 bits per heavy atom. The van der Waals surface area contributed by atoms with Gasteiger partial charge in [0.05, 0.1) is 11.0 Å². The van der Waals surface area contributed by atoms with Gasteiger partial charge in [-0.05, 0) is 37.1 Å². The second-order valence-corrected chi connectivity index (χ2v) is 5.80. The Labute approximate surface area is 145 Å². The van der Waals surface area contributed by atoms with Gasteiger partial charge in [-0.2, -0.15) is 0 Å². The maximum atomic E-state index is 12.0. The van der Waals surface area contributed by atoms with Gasteiger partial charge in [-0.1, -0.05) is 18.2 Å². The zero-order valence-corrected chi connectivity index (χ0v) is 13.9. The monoisotopic (exact) mass is 336 g/mol. The number of amides is 1. The molecule has 0 radical (unpaired) electrons. The largest absolute Gasteiger partial charge is 0.356 e. The second-order valence-electron chi connectivity index (χ2n) is 5.80. The first-order valence-corrected chi connectivity index (χ1v) is 8.37. The highest BCUT2D eigenvalue weighted by molar-refractivity contribution is 5.76. The average molecular weight is 336 g/mol. The number of fused-ring (bicyclic) bond motifs is 1. The van der Waals surface area contributed by atoms with Crippen molar-refractivity contribution < 1.29 is 4.79 Å². The fourth-order valence-electron chi connectivity index (χ4n) is 2.60. The predicted octanol–water partition coefficient (Wildman–Crippen LogP) is 2.00. The van der Waals surface area contributed by atoms with Crippen molar-refractivity contribution >= 4 is 16.9 Å². The molecule has 1 amide bonds. The Bertz CT molecular complexity index is 906. The molecular weight excluding hydrogens is 316 g/mol. The van der Waals surface area contributed by atoms with Gasteiger partial charge in [0.25, 0.3) is 5.56 Å². The summed E-state index contributed by atoms with van der Waals surface area (Å²) in [7, 11) is 0. The molecule has 128 valence electrons. The minimum atomic E-state index is -0.235. The van der Waals surface area contributed by atoms with Gasteiger partial charge >= 0.3 is 0 Å². The first-order chi connectivity index (χ1) is 12.2. The van der Waals surface area contributed by atoms with Crippen molar-refractivity contribution in [1.29, 1.82) is 0 Å². The number of nitrogens with zero attached hydrogens (tertiary/aromatic N) is 2. The van der Waals surface area contributed by atoms with Crippen LogP contribution in [-0.4, -0.2) is 27.4 Å². The molecule has 0 unspecified atom stereocenters. The van der Waals surface area contributed by atoms with Crippen LogP contribution < -0.4 is 10.9 Å². The first-order valence-electron chi connectivity index (χ1n) is 8.37. The molecule has 2 aromatic heterocycles. The van der Waals surface area contributed by atoms with E-state index in [-0.39, 0.29) is 17.9 Å². The standard InChI is InChI=1S/C19H20N4O2/c24-18(21-13-5-7-14-6-3-4-12-20-14)11-10-17-19(25)23-16-9-2-1-8-15(16)22-17/h1-4,6,8-9,12H,5,7,10-11,13H2,(H,21,24)(H,23,25). The zero-order valence-electron chi connectivity index (χ0n) is 13.9. The lowest BCUT2D eigenvalue weighted by Crippen LogP contribution is -2.26. The molecule has 0 saturated carbocycles. The van der Waals surface area contributed by atoms with E-state index in [1.54, 1.807) is 6.20 Å². The lowest BCUT2D eigenvalue weighted by Gasteiger charge is -2.05. The van der Waals surface area contributed by atoms with Gasteiger partial charge in [0, 0.05) is 31.3 Å². The molecule has 0 aliphatic carbocycles. The molecule has 0 spiro atoms. The summed E-state index contributed by atoms with van der Waals surface area (Å²) in [5.41, 5.74) is 2.61. The molecule has 0 bridgehead atoms. The summed E-state index contributed by atoms with van der Waals surface area (Å²) >= 11 is 0. The molecule has 0 aliphatic rings. The fraction of sp³-hybridized carbons (Fsp3) is 0.263. The molecule has 0 aliphatic heterocycles. The third-order valence-corrected chi connectivity index (χ3v) is 3.92. The summed E-state index contributed by atoms with van der Waals surface area (Å²) in [5, 5.41) is 2.87. The van der Waals surface area contributed by atoms with Gasteiger partial charge in [-0.15, -0.1) is 0 Å². The maximum absolute atomic E-state index is 12.0. The number of para-hydroxylation sites is 2. The van der Waals surface area contributed by atoms with E-state index in [1.165, 1.54) is 0 Å². The lowest BCUT2D eigenvalue weighted by molar-refractivity contribution is -0.121. The van der Waals surface area contributed by atoms with E-state index in [1.807, 2.05) is 42.5 Å². The number of rotatable bonds is 7. The summed E-state index contributed by atoms with van der Waals surface area (Å²) in [5.74, 6) is -0.0737. The molecular formula is C19H20N4O2. The predicted molar refractivity (Wildman–Crippen MR) is 96.3 cm³/mol. The Balaban J connectivity index is 1.46. The molecule has 6 heteroatoms. The number of pyridine rings is 1. The van der Waals surface area contributed by atoms with Crippen molar-refractivity contribution in [3.05, 3.63) is 70.4 Å². The molecule has 0 fully saturated rings. The third kappa shape index (κ3) is 4.73. The number of carbonyl (C=O) groups excluding carboxylic acids is 1. The van der Waals surface area contributed by atoms with Crippen LogP contribution in [0.15, 0.2) is 53.5 Å². The van der Waals surface area contributed by atoms with Gasteiger partial charge in [0.15, 0.2) is 0 Å². The topological polar surface area (TPSA) is 87.7 Å². The van der Waals surface area contributed by atoms with Crippen LogP contribution in [-0.2, 0) is 17.6 Å². The smallest absolute Gasteiger partial charge is 0.270 e. The SMILES string of the molecule is O=C(CCc1nc2ccccc2[nH]c1=O)NCCCc1ccccn1. The van der Waals surface area contributed by atoms with Crippen molar-refractivity contribution in [1.82, 2.24) is 20.3 Å². The zero-order chi connectivity index (χ0) is 17.5. The number of nitrogens with one attached hydrogen (secondary N) is 2. The summed E-state index contributed by atoms with van der Waals surface area (Å²) in [4.78, 5) is 35.3. The van der Waals surface area contributed by atoms with Crippen molar-refractivity contribution in [2.45, 2.75) is 25.7 Å². The molecule has 0 atom stereocenters. The van der Waals surface area contributed by atoms with E-state index in [2.05, 4.69) is 20.3 Å². The quantitative estimate of drug-likeness (QED) is 0.646. The fourth-order valence-corrected chi connectivity index (χ4v) is 2.60. The van der Waals surface area contributed by atoms with Crippen LogP contribution in [0.4, 0.5) is 0 Å². The number of aromatic nitrogens is 3. The summed E-state index contributed by atoms with van der Waals surface area (Å²) < 4.78 is 0. The summed E-state index contributed by atoms with van der Waals surface area (Å²) in [6.45, 7) is 0.594. The Morgan fingerprint density at radius 2 is 1.92 bits per heavy atom. The van der Waals surface area contributed by atoms with Gasteiger partial charge in [0.1, 0.15) is 5.69 Å². The lowest BCUT2D eigenvalue weighted by atomic mass is 10.2. The first kappa shape index (κ1) is 16.8. The van der Waals surface area contributed by atoms with Crippen LogP contribution in [0.1, 0.15) is 24.2 Å². The molecule has 3 rings (SSSR count). The molecule has 25 heavy (non-hydrogen) atoms. The molecule has 6 nitrogen and oxygen atoms in total. The number of aryl methyl sites for hydroxylation is 2. The van der Waals surface area contributed by atoms with E-state index >= 15 is 0 Å². The third-order valence-electron chi connectivity index (χ3n) is 3.92. The number of carbonyl (C=O) groups is 1. The van der Waals surface area contributed by atoms with E-state index in [0.29, 0.717) is 24.2 Å². The van der Waals surface area contributed by atoms with Gasteiger partial charge < -0.3 is 10.3 Å². The van der Waals surface area contributed by atoms with Crippen LogP contribution in [0.2, 0.25) is 0 Å². The number of aromatic amines is 1. The van der Waals surface area contributed by atoms with Gasteiger partial charge in [-0.3, -0.25) is 14.6 Å². The summed E-state index contributed by atoms with van der Waals surface area (Å²) in [6.07, 6.45) is 4.00. The van der Waals surface area contributed by atoms with Crippen LogP contribution >= 0.6 is 0 Å². The highest BCUT2D eigenvalue weighted by atomic mass is 16.1. The van der Waals surface area contributed by atoms with Crippen molar-refractivity contribution in [2.24, 2.45) is 0 Å². The number of benzene rings is 1. The van der Waals surface area contributed by atoms with E-state index in [0.717, 1.165) is 24.1 Å². The van der Waals surface area contributed by atoms with Crippen molar-refractivity contribution in [3.63, 3.8) is 0 Å². The average Bonchev–Trinajstić information content (AvgIpc) is 2.64. The molecule has 0 saturated heterocycles. The Hall–Kier alpha value is -3.02. The van der Waals surface area contributed by atoms with Crippen LogP contribution in [0, 0.1) is 0 Å². The number of H-pyrrole nitrogens is 1. The molecule has 3 aromatic rings. The van der Waals surface area contributed by atoms with Crippen LogP contribution in [0.3, 0.4) is 0 Å². The minimum Gasteiger partial charge on any atom is -0.356 e. The minimum absolute atomic E-state index is 0.0737. The van der Waals surface area contributed by atoms with Gasteiger partial charge in [-0.25, -0.2) is 4.98 Å². The van der Waals surface area contributed by atoms with E-state index in [9.17, 15) is 9.59 Å². The number of hydrogen-bond donors (Lipinski definition) is 2. The van der Waals surface area contributed by atoms with E-state index < -0.39 is 0 Å². The Morgan fingerprint density at radius 1 is 1.08 bits per heavy atom. The van der Waals surface area contributed by atoms with E-state index in [4.69, 9.17) is 0 Å². The molecule has 1 aromatic carbocycles. The number of hydrogen-bond acceptors (Lipinski definition) is 4. The maximum Gasteiger partial charge on any atom is 0.270 e. The molecule has 2 N–H and O–H groups in total. The Kier molecular flexibility index (Phi) is 5.51. The van der Waals surface area contributed by atoms with Crippen LogP contribution in [0.5, 0.6) is 0 Å². The highest BCUT2D eigenvalue weighted by Crippen LogP contribution is 2.06. The summed E-state index contributed by atoms with van der Waals surface area (Å²) in [6, 6.07) is 13.2. The normalized spacial score (nSPS) is 10.7. The van der Waals surface area contributed by atoms with Gasteiger partial charge in [0.2, 0.25) is 5.91 Å². The molecule has 2 heterocycles.